The van der Waals surface area contributed by atoms with Gasteiger partial charge in [0.2, 0.25) is 5.13 Å². The maximum absolute atomic E-state index is 4.43. The van der Waals surface area contributed by atoms with E-state index < -0.39 is 0 Å². The van der Waals surface area contributed by atoms with Crippen LogP contribution in [0, 0.1) is 13.8 Å². The van der Waals surface area contributed by atoms with Gasteiger partial charge in [-0.05, 0) is 29.8 Å². The molecule has 0 amide bonds. The molecule has 1 N–H and O–H groups in total. The molecule has 0 radical (unpaired) electrons. The topological polar surface area (TPSA) is 55.6 Å². The molecule has 7 heteroatoms. The predicted octanol–water partition coefficient (Wildman–Crippen LogP) is 2.20. The van der Waals surface area contributed by atoms with Crippen molar-refractivity contribution in [1.82, 2.24) is 20.0 Å². The second kappa shape index (κ2) is 4.50. The second-order valence-electron chi connectivity index (χ2n) is 3.39. The molecule has 2 aromatic heterocycles. The number of hydrogen-bond donors (Lipinski definition) is 1. The van der Waals surface area contributed by atoms with E-state index in [2.05, 4.69) is 36.5 Å². The highest BCUT2D eigenvalue weighted by Crippen LogP contribution is 2.22. The van der Waals surface area contributed by atoms with Crippen LogP contribution in [0.15, 0.2) is 4.47 Å². The van der Waals surface area contributed by atoms with Gasteiger partial charge in [0.25, 0.3) is 0 Å². The minimum absolute atomic E-state index is 0.664. The summed E-state index contributed by atoms with van der Waals surface area (Å²) in [5.74, 6) is 0. The number of nitrogens with zero attached hydrogens (tertiary/aromatic N) is 4. The van der Waals surface area contributed by atoms with Crippen molar-refractivity contribution in [3.8, 4) is 0 Å². The molecule has 2 aromatic rings. The average Bonchev–Trinajstić information content (AvgIpc) is 2.81. The Balaban J connectivity index is 2.23. The number of aryl methyl sites for hydroxylation is 1. The highest BCUT2D eigenvalue weighted by Gasteiger charge is 2.11. The second-order valence-corrected chi connectivity index (χ2v) is 5.25. The minimum atomic E-state index is 0.664. The first-order valence-corrected chi connectivity index (χ1v) is 6.42. The molecule has 0 aliphatic carbocycles. The summed E-state index contributed by atoms with van der Waals surface area (Å²) in [7, 11) is 1.84. The summed E-state index contributed by atoms with van der Waals surface area (Å²) in [6, 6.07) is 0. The minimum Gasteiger partial charge on any atom is -0.363 e. The molecule has 5 nitrogen and oxygen atoms in total. The van der Waals surface area contributed by atoms with E-state index in [1.165, 1.54) is 0 Å². The largest absolute Gasteiger partial charge is 0.363 e. The first-order valence-electron chi connectivity index (χ1n) is 4.81. The third kappa shape index (κ3) is 2.10. The zero-order valence-electron chi connectivity index (χ0n) is 9.28. The highest BCUT2D eigenvalue weighted by atomic mass is 79.9. The van der Waals surface area contributed by atoms with Crippen LogP contribution in [0.4, 0.5) is 5.13 Å². The Morgan fingerprint density at radius 2 is 2.12 bits per heavy atom. The maximum atomic E-state index is 4.43. The van der Waals surface area contributed by atoms with E-state index >= 15 is 0 Å². The van der Waals surface area contributed by atoms with Crippen molar-refractivity contribution in [3.05, 3.63) is 20.9 Å². The highest BCUT2D eigenvalue weighted by molar-refractivity contribution is 9.10. The standard InChI is InChI=1S/C9H12BrN5S/c1-5-8(10)6(2)15(14-5)4-7-12-13-9(11-3)16-7/h4H2,1-3H3,(H,11,13). The van der Waals surface area contributed by atoms with Crippen LogP contribution >= 0.6 is 27.3 Å². The van der Waals surface area contributed by atoms with E-state index in [0.717, 1.165) is 26.0 Å². The molecule has 2 heterocycles. The molecule has 0 spiro atoms. The molecule has 86 valence electrons. The molecule has 16 heavy (non-hydrogen) atoms. The van der Waals surface area contributed by atoms with Crippen LogP contribution in [0.25, 0.3) is 0 Å². The maximum Gasteiger partial charge on any atom is 0.205 e. The summed E-state index contributed by atoms with van der Waals surface area (Å²) in [6.45, 7) is 4.68. The van der Waals surface area contributed by atoms with Gasteiger partial charge in [-0.15, -0.1) is 10.2 Å². The average molecular weight is 302 g/mol. The fourth-order valence-corrected chi connectivity index (χ4v) is 2.34. The Labute approximate surface area is 106 Å². The summed E-state index contributed by atoms with van der Waals surface area (Å²) >= 11 is 5.05. The van der Waals surface area contributed by atoms with Gasteiger partial charge >= 0.3 is 0 Å². The number of anilines is 1. The smallest absolute Gasteiger partial charge is 0.205 e. The molecule has 0 fully saturated rings. The summed E-state index contributed by atoms with van der Waals surface area (Å²) < 4.78 is 2.99. The Kier molecular flexibility index (Phi) is 3.25. The third-order valence-electron chi connectivity index (χ3n) is 2.26. The Hall–Kier alpha value is -0.950. The fourth-order valence-electron chi connectivity index (χ4n) is 1.38. The normalized spacial score (nSPS) is 10.8. The third-order valence-corrected chi connectivity index (χ3v) is 4.33. The number of rotatable bonds is 3. The number of halogens is 1. The lowest BCUT2D eigenvalue weighted by atomic mass is 10.4. The Bertz CT molecular complexity index is 504. The number of aromatic nitrogens is 4. The van der Waals surface area contributed by atoms with Crippen LogP contribution in [0.2, 0.25) is 0 Å². The summed E-state index contributed by atoms with van der Waals surface area (Å²) in [6.07, 6.45) is 0. The quantitative estimate of drug-likeness (QED) is 0.944. The monoisotopic (exact) mass is 301 g/mol. The predicted molar refractivity (Wildman–Crippen MR) is 68.0 cm³/mol. The molecule has 0 aliphatic rings. The summed E-state index contributed by atoms with van der Waals surface area (Å²) in [5.41, 5.74) is 2.11. The van der Waals surface area contributed by atoms with Gasteiger partial charge in [-0.2, -0.15) is 5.10 Å². The van der Waals surface area contributed by atoms with E-state index in [9.17, 15) is 0 Å². The summed E-state index contributed by atoms with van der Waals surface area (Å²) in [5, 5.41) is 17.3. The number of nitrogens with one attached hydrogen (secondary N) is 1. The molecule has 2 rings (SSSR count). The van der Waals surface area contributed by atoms with Crippen molar-refractivity contribution in [2.45, 2.75) is 20.4 Å². The molecule has 0 unspecified atom stereocenters. The molecule has 0 saturated heterocycles. The van der Waals surface area contributed by atoms with Gasteiger partial charge < -0.3 is 5.32 Å². The molecule has 0 aromatic carbocycles. The molecule has 0 atom stereocenters. The lowest BCUT2D eigenvalue weighted by Gasteiger charge is -1.99. The molecule has 0 bridgehead atoms. The zero-order chi connectivity index (χ0) is 11.7. The molecular weight excluding hydrogens is 290 g/mol. The Morgan fingerprint density at radius 3 is 2.62 bits per heavy atom. The van der Waals surface area contributed by atoms with Gasteiger partial charge in [-0.25, -0.2) is 0 Å². The SMILES string of the molecule is CNc1nnc(Cn2nc(C)c(Br)c2C)s1. The molecular formula is C9H12BrN5S. The van der Waals surface area contributed by atoms with Crippen molar-refractivity contribution in [2.75, 3.05) is 12.4 Å². The first-order chi connectivity index (χ1) is 7.61. The zero-order valence-corrected chi connectivity index (χ0v) is 11.7. The van der Waals surface area contributed by atoms with Crippen molar-refractivity contribution in [1.29, 1.82) is 0 Å². The van der Waals surface area contributed by atoms with Crippen molar-refractivity contribution < 1.29 is 0 Å². The molecule has 0 saturated carbocycles. The lowest BCUT2D eigenvalue weighted by molar-refractivity contribution is 0.651. The number of hydrogen-bond acceptors (Lipinski definition) is 5. The Morgan fingerprint density at radius 1 is 1.38 bits per heavy atom. The fraction of sp³-hybridized carbons (Fsp3) is 0.444. The van der Waals surface area contributed by atoms with E-state index in [1.54, 1.807) is 11.3 Å². The van der Waals surface area contributed by atoms with Crippen LogP contribution < -0.4 is 5.32 Å². The first kappa shape index (κ1) is 11.5. The summed E-state index contributed by atoms with van der Waals surface area (Å²) in [4.78, 5) is 0. The van der Waals surface area contributed by atoms with Crippen molar-refractivity contribution >= 4 is 32.4 Å². The van der Waals surface area contributed by atoms with Gasteiger partial charge in [-0.1, -0.05) is 11.3 Å². The van der Waals surface area contributed by atoms with Gasteiger partial charge in [0, 0.05) is 7.05 Å². The molecule has 0 aliphatic heterocycles. The van der Waals surface area contributed by atoms with Crippen LogP contribution in [0.1, 0.15) is 16.4 Å². The van der Waals surface area contributed by atoms with Gasteiger partial charge in [0.15, 0.2) is 0 Å². The van der Waals surface area contributed by atoms with Crippen LogP contribution in [-0.2, 0) is 6.54 Å². The van der Waals surface area contributed by atoms with Crippen LogP contribution in [-0.4, -0.2) is 27.0 Å². The van der Waals surface area contributed by atoms with Gasteiger partial charge in [0.1, 0.15) is 5.01 Å². The van der Waals surface area contributed by atoms with E-state index in [-0.39, 0.29) is 0 Å². The van der Waals surface area contributed by atoms with Crippen LogP contribution in [0.3, 0.4) is 0 Å². The van der Waals surface area contributed by atoms with Crippen molar-refractivity contribution in [3.63, 3.8) is 0 Å². The van der Waals surface area contributed by atoms with Gasteiger partial charge in [-0.3, -0.25) is 4.68 Å². The van der Waals surface area contributed by atoms with Crippen molar-refractivity contribution in [2.24, 2.45) is 0 Å². The van der Waals surface area contributed by atoms with Gasteiger partial charge in [0.05, 0.1) is 22.4 Å². The van der Waals surface area contributed by atoms with E-state index in [4.69, 9.17) is 0 Å². The van der Waals surface area contributed by atoms with Crippen LogP contribution in [0.5, 0.6) is 0 Å². The van der Waals surface area contributed by atoms with E-state index in [0.29, 0.717) is 6.54 Å². The van der Waals surface area contributed by atoms with E-state index in [1.807, 2.05) is 25.6 Å². The lowest BCUT2D eigenvalue weighted by Crippen LogP contribution is -2.03.